The van der Waals surface area contributed by atoms with Crippen LogP contribution in [0, 0.1) is 13.8 Å². The van der Waals surface area contributed by atoms with Crippen LogP contribution in [0.1, 0.15) is 27.2 Å². The zero-order valence-corrected chi connectivity index (χ0v) is 11.3. The summed E-state index contributed by atoms with van der Waals surface area (Å²) in [7, 11) is 1.92. The smallest absolute Gasteiger partial charge is 0.339 e. The van der Waals surface area contributed by atoms with Gasteiger partial charge in [0.2, 0.25) is 0 Å². The molecule has 4 heteroatoms. The van der Waals surface area contributed by atoms with Gasteiger partial charge in [0.15, 0.2) is 0 Å². The van der Waals surface area contributed by atoms with Crippen molar-refractivity contribution in [2.75, 3.05) is 11.9 Å². The van der Waals surface area contributed by atoms with Crippen LogP contribution in [0.5, 0.6) is 0 Å². The summed E-state index contributed by atoms with van der Waals surface area (Å²) in [6, 6.07) is 7.66. The number of furan rings is 1. The largest absolute Gasteiger partial charge is 0.478 e. The highest BCUT2D eigenvalue weighted by atomic mass is 16.4. The molecule has 0 radical (unpaired) electrons. The van der Waals surface area contributed by atoms with Gasteiger partial charge in [0.05, 0.1) is 12.8 Å². The van der Waals surface area contributed by atoms with E-state index in [0.717, 1.165) is 11.3 Å². The van der Waals surface area contributed by atoms with Gasteiger partial charge in [-0.3, -0.25) is 0 Å². The van der Waals surface area contributed by atoms with Gasteiger partial charge < -0.3 is 14.4 Å². The Balaban J connectivity index is 2.23. The van der Waals surface area contributed by atoms with E-state index in [-0.39, 0.29) is 5.56 Å². The Bertz CT molecular complexity index is 601. The summed E-state index contributed by atoms with van der Waals surface area (Å²) in [6.07, 6.45) is 1.41. The molecule has 1 N–H and O–H groups in total. The molecule has 0 bridgehead atoms. The van der Waals surface area contributed by atoms with Gasteiger partial charge in [-0.05, 0) is 31.5 Å². The monoisotopic (exact) mass is 259 g/mol. The lowest BCUT2D eigenvalue weighted by Gasteiger charge is -2.21. The molecule has 100 valence electrons. The maximum absolute atomic E-state index is 11.0. The lowest BCUT2D eigenvalue weighted by Crippen LogP contribution is -2.18. The third-order valence-corrected chi connectivity index (χ3v) is 3.12. The molecule has 0 spiro atoms. The molecule has 0 atom stereocenters. The molecule has 0 saturated heterocycles. The van der Waals surface area contributed by atoms with Gasteiger partial charge in [0, 0.05) is 12.7 Å². The predicted octanol–water partition coefficient (Wildman–Crippen LogP) is 3.23. The fourth-order valence-electron chi connectivity index (χ4n) is 2.19. The second-order valence-corrected chi connectivity index (χ2v) is 4.71. The van der Waals surface area contributed by atoms with Gasteiger partial charge in [-0.1, -0.05) is 17.7 Å². The van der Waals surface area contributed by atoms with Crippen molar-refractivity contribution in [1.29, 1.82) is 0 Å². The SMILES string of the molecule is Cc1ccc(N(C)Cc2occc2C(=O)O)c(C)c1. The van der Waals surface area contributed by atoms with Crippen LogP contribution in [0.15, 0.2) is 34.9 Å². The number of aryl methyl sites for hydroxylation is 2. The second kappa shape index (κ2) is 5.18. The van der Waals surface area contributed by atoms with Crippen LogP contribution in [0.2, 0.25) is 0 Å². The number of hydrogen-bond donors (Lipinski definition) is 1. The minimum absolute atomic E-state index is 0.219. The van der Waals surface area contributed by atoms with Gasteiger partial charge in [-0.15, -0.1) is 0 Å². The molecule has 1 aromatic heterocycles. The van der Waals surface area contributed by atoms with E-state index in [1.165, 1.54) is 17.9 Å². The van der Waals surface area contributed by atoms with Gasteiger partial charge in [0.25, 0.3) is 0 Å². The van der Waals surface area contributed by atoms with Crippen LogP contribution < -0.4 is 4.90 Å². The number of hydrogen-bond acceptors (Lipinski definition) is 3. The van der Waals surface area contributed by atoms with Crippen LogP contribution in [0.4, 0.5) is 5.69 Å². The highest BCUT2D eigenvalue weighted by Gasteiger charge is 2.15. The van der Waals surface area contributed by atoms with Crippen molar-refractivity contribution >= 4 is 11.7 Å². The molecule has 0 fully saturated rings. The maximum atomic E-state index is 11.0. The van der Waals surface area contributed by atoms with Crippen molar-refractivity contribution in [3.05, 3.63) is 53.0 Å². The molecular formula is C15H17NO3. The average molecular weight is 259 g/mol. The van der Waals surface area contributed by atoms with Crippen molar-refractivity contribution in [3.63, 3.8) is 0 Å². The molecule has 2 rings (SSSR count). The Morgan fingerprint density at radius 3 is 2.68 bits per heavy atom. The van der Waals surface area contributed by atoms with Crippen LogP contribution in [-0.2, 0) is 6.54 Å². The molecule has 0 aliphatic heterocycles. The Kier molecular flexibility index (Phi) is 3.60. The first-order chi connectivity index (χ1) is 8.99. The van der Waals surface area contributed by atoms with E-state index in [4.69, 9.17) is 9.52 Å². The third-order valence-electron chi connectivity index (χ3n) is 3.12. The molecule has 19 heavy (non-hydrogen) atoms. The number of carboxylic acid groups (broad SMARTS) is 1. The minimum atomic E-state index is -0.960. The zero-order valence-electron chi connectivity index (χ0n) is 11.3. The van der Waals surface area contributed by atoms with Crippen molar-refractivity contribution in [1.82, 2.24) is 0 Å². The van der Waals surface area contributed by atoms with Gasteiger partial charge >= 0.3 is 5.97 Å². The number of anilines is 1. The van der Waals surface area contributed by atoms with E-state index in [0.29, 0.717) is 12.3 Å². The van der Waals surface area contributed by atoms with Gasteiger partial charge in [-0.25, -0.2) is 4.79 Å². The highest BCUT2D eigenvalue weighted by molar-refractivity contribution is 5.88. The Morgan fingerprint density at radius 2 is 2.05 bits per heavy atom. The summed E-state index contributed by atoms with van der Waals surface area (Å²) in [5.41, 5.74) is 3.65. The molecule has 0 unspecified atom stereocenters. The number of benzene rings is 1. The van der Waals surface area contributed by atoms with Crippen molar-refractivity contribution in [3.8, 4) is 0 Å². The summed E-state index contributed by atoms with van der Waals surface area (Å²) in [6.45, 7) is 4.52. The molecule has 0 amide bonds. The Morgan fingerprint density at radius 1 is 1.32 bits per heavy atom. The molecule has 0 saturated carbocycles. The first-order valence-electron chi connectivity index (χ1n) is 6.07. The highest BCUT2D eigenvalue weighted by Crippen LogP contribution is 2.23. The standard InChI is InChI=1S/C15H17NO3/c1-10-4-5-13(11(2)8-10)16(3)9-14-12(15(17)18)6-7-19-14/h4-8H,9H2,1-3H3,(H,17,18). The second-order valence-electron chi connectivity index (χ2n) is 4.71. The molecule has 1 aromatic carbocycles. The summed E-state index contributed by atoms with van der Waals surface area (Å²) in [5.74, 6) is -0.493. The number of carbonyl (C=O) groups is 1. The first-order valence-corrected chi connectivity index (χ1v) is 6.07. The number of carboxylic acids is 1. The number of nitrogens with zero attached hydrogens (tertiary/aromatic N) is 1. The first kappa shape index (κ1) is 13.2. The molecule has 0 aliphatic carbocycles. The molecular weight excluding hydrogens is 242 g/mol. The van der Waals surface area contributed by atoms with Crippen molar-refractivity contribution in [2.24, 2.45) is 0 Å². The van der Waals surface area contributed by atoms with Crippen LogP contribution in [0.3, 0.4) is 0 Å². The van der Waals surface area contributed by atoms with Crippen LogP contribution in [0.25, 0.3) is 0 Å². The lowest BCUT2D eigenvalue weighted by molar-refractivity contribution is 0.0694. The number of rotatable bonds is 4. The van der Waals surface area contributed by atoms with Crippen LogP contribution in [-0.4, -0.2) is 18.1 Å². The fraction of sp³-hybridized carbons (Fsp3) is 0.267. The van der Waals surface area contributed by atoms with Gasteiger partial charge in [0.1, 0.15) is 11.3 Å². The van der Waals surface area contributed by atoms with E-state index >= 15 is 0 Å². The lowest BCUT2D eigenvalue weighted by atomic mass is 10.1. The Hall–Kier alpha value is -2.23. The third kappa shape index (κ3) is 2.78. The normalized spacial score (nSPS) is 10.5. The van der Waals surface area contributed by atoms with E-state index in [9.17, 15) is 4.79 Å². The fourth-order valence-corrected chi connectivity index (χ4v) is 2.19. The van der Waals surface area contributed by atoms with E-state index in [2.05, 4.69) is 6.07 Å². The topological polar surface area (TPSA) is 53.7 Å². The van der Waals surface area contributed by atoms with E-state index in [1.54, 1.807) is 0 Å². The summed E-state index contributed by atoms with van der Waals surface area (Å²) >= 11 is 0. The number of aromatic carboxylic acids is 1. The molecule has 4 nitrogen and oxygen atoms in total. The van der Waals surface area contributed by atoms with Crippen molar-refractivity contribution < 1.29 is 14.3 Å². The summed E-state index contributed by atoms with van der Waals surface area (Å²) < 4.78 is 5.26. The quantitative estimate of drug-likeness (QED) is 0.915. The van der Waals surface area contributed by atoms with Crippen molar-refractivity contribution in [2.45, 2.75) is 20.4 Å². The van der Waals surface area contributed by atoms with E-state index < -0.39 is 5.97 Å². The maximum Gasteiger partial charge on any atom is 0.339 e. The average Bonchev–Trinajstić information content (AvgIpc) is 2.76. The van der Waals surface area contributed by atoms with Gasteiger partial charge in [-0.2, -0.15) is 0 Å². The van der Waals surface area contributed by atoms with Crippen LogP contribution >= 0.6 is 0 Å². The zero-order chi connectivity index (χ0) is 14.0. The molecule has 2 aromatic rings. The predicted molar refractivity (Wildman–Crippen MR) is 73.7 cm³/mol. The molecule has 0 aliphatic rings. The summed E-state index contributed by atoms with van der Waals surface area (Å²) in [4.78, 5) is 13.0. The Labute approximate surface area is 112 Å². The summed E-state index contributed by atoms with van der Waals surface area (Å²) in [5, 5.41) is 9.05. The minimum Gasteiger partial charge on any atom is -0.478 e. The van der Waals surface area contributed by atoms with E-state index in [1.807, 2.05) is 37.9 Å². The molecule has 1 heterocycles.